The largest absolute Gasteiger partial charge is 0.355 e. The van der Waals surface area contributed by atoms with Crippen LogP contribution in [0.1, 0.15) is 28.8 Å². The van der Waals surface area contributed by atoms with Crippen LogP contribution < -0.4 is 4.90 Å². The van der Waals surface area contributed by atoms with Crippen molar-refractivity contribution in [2.24, 2.45) is 5.92 Å². The third-order valence-electron chi connectivity index (χ3n) is 5.22. The normalized spacial score (nSPS) is 17.7. The Balaban J connectivity index is 1.40. The monoisotopic (exact) mass is 430 g/mol. The van der Waals surface area contributed by atoms with Crippen LogP contribution in [-0.4, -0.2) is 35.4 Å². The second kappa shape index (κ2) is 7.37. The van der Waals surface area contributed by atoms with Gasteiger partial charge in [-0.15, -0.1) is 11.3 Å². The van der Waals surface area contributed by atoms with Gasteiger partial charge in [0.2, 0.25) is 5.91 Å². The van der Waals surface area contributed by atoms with Gasteiger partial charge in [0.1, 0.15) is 11.9 Å². The van der Waals surface area contributed by atoms with E-state index < -0.39 is 0 Å². The number of carbonyl (C=O) groups is 1. The van der Waals surface area contributed by atoms with Gasteiger partial charge in [-0.25, -0.2) is 4.98 Å². The van der Waals surface area contributed by atoms with Crippen molar-refractivity contribution in [2.45, 2.75) is 25.8 Å². The van der Waals surface area contributed by atoms with Gasteiger partial charge < -0.3 is 9.80 Å². The molecule has 2 aliphatic rings. The fourth-order valence-corrected chi connectivity index (χ4v) is 5.02. The topological polar surface area (TPSA) is 60.2 Å². The number of halogens is 1. The van der Waals surface area contributed by atoms with E-state index in [0.717, 1.165) is 55.7 Å². The smallest absolute Gasteiger partial charge is 0.226 e. The molecule has 0 aliphatic carbocycles. The predicted molar refractivity (Wildman–Crippen MR) is 105 cm³/mol. The molecule has 0 N–H and O–H groups in total. The number of fused-ring (bicyclic) bond motifs is 1. The lowest BCUT2D eigenvalue weighted by molar-refractivity contribution is -0.137. The number of nitrogens with zero attached hydrogens (tertiary/aromatic N) is 4. The molecule has 0 radical (unpaired) electrons. The Morgan fingerprint density at radius 2 is 2.15 bits per heavy atom. The fourth-order valence-electron chi connectivity index (χ4n) is 3.80. The Hall–Kier alpha value is -1.91. The number of hydrogen-bond acceptors (Lipinski definition) is 5. The molecule has 4 heterocycles. The standard InChI is InChI=1S/C19H19BrN4OS/c20-16-9-15(10-21)18(22-11-16)23-5-1-13(2-6-23)19(25)24-7-3-17-14(12-24)4-8-26-17/h4,8-9,11,13H,1-3,5-7,12H2. The SMILES string of the molecule is N#Cc1cc(Br)cnc1N1CCC(C(=O)N2CCc3sccc3C2)CC1. The zero-order valence-corrected chi connectivity index (χ0v) is 16.7. The average molecular weight is 431 g/mol. The zero-order valence-electron chi connectivity index (χ0n) is 14.3. The van der Waals surface area contributed by atoms with Crippen molar-refractivity contribution in [2.75, 3.05) is 24.5 Å². The van der Waals surface area contributed by atoms with Gasteiger partial charge in [0, 0.05) is 47.6 Å². The minimum absolute atomic E-state index is 0.0763. The van der Waals surface area contributed by atoms with Gasteiger partial charge in [-0.3, -0.25) is 4.79 Å². The summed E-state index contributed by atoms with van der Waals surface area (Å²) in [6.07, 6.45) is 4.33. The van der Waals surface area contributed by atoms with Crippen LogP contribution in [-0.2, 0) is 17.8 Å². The molecule has 0 unspecified atom stereocenters. The summed E-state index contributed by atoms with van der Waals surface area (Å²) in [5, 5.41) is 11.5. The van der Waals surface area contributed by atoms with E-state index >= 15 is 0 Å². The highest BCUT2D eigenvalue weighted by molar-refractivity contribution is 9.10. The number of nitriles is 1. The van der Waals surface area contributed by atoms with Gasteiger partial charge in [-0.2, -0.15) is 5.26 Å². The highest BCUT2D eigenvalue weighted by Gasteiger charge is 2.31. The van der Waals surface area contributed by atoms with Crippen LogP contribution in [0.3, 0.4) is 0 Å². The number of piperidine rings is 1. The van der Waals surface area contributed by atoms with Gasteiger partial charge in [-0.1, -0.05) is 0 Å². The third kappa shape index (κ3) is 3.36. The zero-order chi connectivity index (χ0) is 18.1. The Labute approximate surface area is 165 Å². The maximum atomic E-state index is 12.9. The molecular formula is C19H19BrN4OS. The lowest BCUT2D eigenvalue weighted by Gasteiger charge is -2.36. The molecule has 0 spiro atoms. The van der Waals surface area contributed by atoms with Gasteiger partial charge in [-0.05, 0) is 58.3 Å². The van der Waals surface area contributed by atoms with E-state index in [4.69, 9.17) is 0 Å². The fraction of sp³-hybridized carbons (Fsp3) is 0.421. The van der Waals surface area contributed by atoms with Crippen LogP contribution in [0.25, 0.3) is 0 Å². The summed E-state index contributed by atoms with van der Waals surface area (Å²) in [5.74, 6) is 1.08. The van der Waals surface area contributed by atoms with Gasteiger partial charge in [0.05, 0.1) is 5.56 Å². The summed E-state index contributed by atoms with van der Waals surface area (Å²) >= 11 is 5.16. The molecule has 7 heteroatoms. The summed E-state index contributed by atoms with van der Waals surface area (Å²) < 4.78 is 0.806. The van der Waals surface area contributed by atoms with Crippen LogP contribution >= 0.6 is 27.3 Å². The van der Waals surface area contributed by atoms with E-state index in [-0.39, 0.29) is 11.8 Å². The van der Waals surface area contributed by atoms with Crippen LogP contribution in [0.15, 0.2) is 28.2 Å². The minimum atomic E-state index is 0.0763. The first kappa shape index (κ1) is 17.5. The first-order valence-electron chi connectivity index (χ1n) is 8.80. The second-order valence-electron chi connectivity index (χ2n) is 6.78. The maximum absolute atomic E-state index is 12.9. The first-order valence-corrected chi connectivity index (χ1v) is 10.5. The minimum Gasteiger partial charge on any atom is -0.355 e. The number of pyridine rings is 1. The molecule has 4 rings (SSSR count). The lowest BCUT2D eigenvalue weighted by atomic mass is 9.94. The molecule has 0 aromatic carbocycles. The summed E-state index contributed by atoms with van der Waals surface area (Å²) in [4.78, 5) is 22.9. The number of rotatable bonds is 2. The number of thiophene rings is 1. The number of anilines is 1. The molecule has 26 heavy (non-hydrogen) atoms. The average Bonchev–Trinajstić information content (AvgIpc) is 3.15. The van der Waals surface area contributed by atoms with E-state index in [1.54, 1.807) is 23.6 Å². The summed E-state index contributed by atoms with van der Waals surface area (Å²) in [6, 6.07) is 6.16. The van der Waals surface area contributed by atoms with Gasteiger partial charge >= 0.3 is 0 Å². The second-order valence-corrected chi connectivity index (χ2v) is 8.69. The Morgan fingerprint density at radius 1 is 1.35 bits per heavy atom. The molecule has 1 saturated heterocycles. The number of carbonyl (C=O) groups excluding carboxylic acids is 1. The Bertz CT molecular complexity index is 867. The van der Waals surface area contributed by atoms with E-state index in [0.29, 0.717) is 5.56 Å². The number of hydrogen-bond donors (Lipinski definition) is 0. The number of amides is 1. The van der Waals surface area contributed by atoms with Gasteiger partial charge in [0.25, 0.3) is 0 Å². The third-order valence-corrected chi connectivity index (χ3v) is 6.67. The van der Waals surface area contributed by atoms with Crippen molar-refractivity contribution >= 4 is 39.0 Å². The van der Waals surface area contributed by atoms with E-state index in [9.17, 15) is 10.1 Å². The molecule has 2 aliphatic heterocycles. The molecule has 2 aromatic heterocycles. The van der Waals surface area contributed by atoms with Crippen molar-refractivity contribution in [3.05, 3.63) is 44.2 Å². The lowest BCUT2D eigenvalue weighted by Crippen LogP contribution is -2.44. The highest BCUT2D eigenvalue weighted by atomic mass is 79.9. The van der Waals surface area contributed by atoms with E-state index in [1.807, 2.05) is 4.90 Å². The van der Waals surface area contributed by atoms with Gasteiger partial charge in [0.15, 0.2) is 0 Å². The van der Waals surface area contributed by atoms with Crippen molar-refractivity contribution in [3.8, 4) is 6.07 Å². The van der Waals surface area contributed by atoms with Crippen molar-refractivity contribution in [1.82, 2.24) is 9.88 Å². The molecule has 0 saturated carbocycles. The summed E-state index contributed by atoms with van der Waals surface area (Å²) in [6.45, 7) is 3.11. The van der Waals surface area contributed by atoms with Crippen LogP contribution in [0.4, 0.5) is 5.82 Å². The van der Waals surface area contributed by atoms with Crippen LogP contribution in [0, 0.1) is 17.2 Å². The van der Waals surface area contributed by atoms with Crippen molar-refractivity contribution in [1.29, 1.82) is 5.26 Å². The van der Waals surface area contributed by atoms with E-state index in [1.165, 1.54) is 10.4 Å². The van der Waals surface area contributed by atoms with Crippen molar-refractivity contribution < 1.29 is 4.79 Å². The van der Waals surface area contributed by atoms with Crippen LogP contribution in [0.2, 0.25) is 0 Å². The molecule has 0 atom stereocenters. The summed E-state index contributed by atoms with van der Waals surface area (Å²) in [5.41, 5.74) is 1.88. The molecule has 134 valence electrons. The van der Waals surface area contributed by atoms with E-state index in [2.05, 4.69) is 43.3 Å². The Morgan fingerprint density at radius 3 is 2.92 bits per heavy atom. The molecule has 0 bridgehead atoms. The number of aromatic nitrogens is 1. The first-order chi connectivity index (χ1) is 12.7. The summed E-state index contributed by atoms with van der Waals surface area (Å²) in [7, 11) is 0. The Kier molecular flexibility index (Phi) is 4.96. The quantitative estimate of drug-likeness (QED) is 0.730. The predicted octanol–water partition coefficient (Wildman–Crippen LogP) is 3.58. The molecule has 1 fully saturated rings. The highest BCUT2D eigenvalue weighted by Crippen LogP contribution is 2.29. The molecular weight excluding hydrogens is 412 g/mol. The molecule has 1 amide bonds. The molecule has 5 nitrogen and oxygen atoms in total. The van der Waals surface area contributed by atoms with Crippen LogP contribution in [0.5, 0.6) is 0 Å². The maximum Gasteiger partial charge on any atom is 0.226 e. The van der Waals surface area contributed by atoms with Crippen molar-refractivity contribution in [3.63, 3.8) is 0 Å². The molecule has 2 aromatic rings.